The highest BCUT2D eigenvalue weighted by molar-refractivity contribution is 6.64. The quantitative estimate of drug-likeness (QED) is 0.455. The monoisotopic (exact) mass is 298 g/mol. The molecule has 116 valence electrons. The summed E-state index contributed by atoms with van der Waals surface area (Å²) in [6.45, 7) is 6.14. The van der Waals surface area contributed by atoms with E-state index in [2.05, 4.69) is 23.8 Å². The minimum Gasteiger partial charge on any atom is -0.364 e. The number of allylic oxidation sites excluding steroid dienone is 1. The van der Waals surface area contributed by atoms with Crippen LogP contribution in [0.2, 0.25) is 0 Å². The molecule has 0 atom stereocenters. The summed E-state index contributed by atoms with van der Waals surface area (Å²) in [5.41, 5.74) is 1.94. The second-order valence-corrected chi connectivity index (χ2v) is 6.97. The van der Waals surface area contributed by atoms with E-state index in [1.54, 1.807) is 0 Å². The molecule has 20 heavy (non-hydrogen) atoms. The van der Waals surface area contributed by atoms with Crippen molar-refractivity contribution in [2.45, 2.75) is 72.1 Å². The van der Waals surface area contributed by atoms with E-state index in [0.29, 0.717) is 12.8 Å². The molecule has 0 saturated carbocycles. The molecule has 0 spiro atoms. The van der Waals surface area contributed by atoms with Crippen LogP contribution >= 0.6 is 0 Å². The first kappa shape index (κ1) is 18.9. The molecule has 5 heteroatoms. The van der Waals surface area contributed by atoms with Crippen molar-refractivity contribution in [2.24, 2.45) is 0 Å². The van der Waals surface area contributed by atoms with Crippen molar-refractivity contribution in [3.8, 4) is 0 Å². The predicted octanol–water partition coefficient (Wildman–Crippen LogP) is 2.72. The van der Waals surface area contributed by atoms with Gasteiger partial charge in [-0.3, -0.25) is 9.59 Å². The van der Waals surface area contributed by atoms with Crippen molar-refractivity contribution in [3.05, 3.63) is 11.8 Å². The maximum atomic E-state index is 11.8. The summed E-state index contributed by atoms with van der Waals surface area (Å²) in [5.74, 6) is 0.115. The Bertz CT molecular complexity index is 282. The van der Waals surface area contributed by atoms with Gasteiger partial charge in [0.1, 0.15) is 0 Å². The molecule has 0 unspecified atom stereocenters. The largest absolute Gasteiger partial charge is 0.364 e. The molecule has 0 aromatic rings. The second-order valence-electron chi connectivity index (χ2n) is 5.05. The molecule has 2 amide bonds. The third-order valence-electron chi connectivity index (χ3n) is 3.03. The van der Waals surface area contributed by atoms with Gasteiger partial charge in [-0.25, -0.2) is 0 Å². The summed E-state index contributed by atoms with van der Waals surface area (Å²) in [7, 11) is -1.83. The van der Waals surface area contributed by atoms with E-state index in [-0.39, 0.29) is 11.8 Å². The molecule has 0 aliphatic heterocycles. The van der Waals surface area contributed by atoms with Crippen LogP contribution in [0.25, 0.3) is 0 Å². The third-order valence-corrected chi connectivity index (χ3v) is 5.07. The van der Waals surface area contributed by atoms with Gasteiger partial charge in [-0.15, -0.1) is 0 Å². The fourth-order valence-corrected chi connectivity index (χ4v) is 3.52. The van der Waals surface area contributed by atoms with Gasteiger partial charge < -0.3 is 9.96 Å². The Kier molecular flexibility index (Phi) is 12.2. The highest BCUT2D eigenvalue weighted by Gasteiger charge is 2.14. The van der Waals surface area contributed by atoms with Crippen molar-refractivity contribution in [3.63, 3.8) is 0 Å². The molecule has 0 aliphatic rings. The molecule has 0 saturated heterocycles. The number of carbonyl (C=O) groups is 2. The van der Waals surface area contributed by atoms with Gasteiger partial charge in [0, 0.05) is 12.8 Å². The first-order valence-corrected chi connectivity index (χ1v) is 9.67. The zero-order valence-corrected chi connectivity index (χ0v) is 14.4. The molecule has 0 aromatic carbocycles. The average molecular weight is 299 g/mol. The van der Waals surface area contributed by atoms with Crippen LogP contribution in [0.3, 0.4) is 0 Å². The van der Waals surface area contributed by atoms with E-state index in [1.807, 2.05) is 18.7 Å². The van der Waals surface area contributed by atoms with Crippen LogP contribution in [0.15, 0.2) is 11.8 Å². The number of hydrogen-bond acceptors (Lipinski definition) is 2. The average Bonchev–Trinajstić information content (AvgIpc) is 2.39. The SMILES string of the molecule is CC=C[SiH](NC(=O)CCCCC)NC(=O)CCCCC. The Balaban J connectivity index is 4.08. The molecule has 0 aliphatic carbocycles. The maximum Gasteiger partial charge on any atom is 0.272 e. The molecule has 2 N–H and O–H groups in total. The normalized spacial score (nSPS) is 11.0. The van der Waals surface area contributed by atoms with Crippen molar-refractivity contribution in [1.82, 2.24) is 9.96 Å². The first-order valence-electron chi connectivity index (χ1n) is 7.85. The van der Waals surface area contributed by atoms with Gasteiger partial charge in [0.05, 0.1) is 0 Å². The Morgan fingerprint density at radius 2 is 1.35 bits per heavy atom. The van der Waals surface area contributed by atoms with E-state index in [0.717, 1.165) is 38.5 Å². The molecular weight excluding hydrogens is 268 g/mol. The number of hydrogen-bond donors (Lipinski definition) is 2. The van der Waals surface area contributed by atoms with E-state index in [4.69, 9.17) is 0 Å². The molecule has 0 bridgehead atoms. The molecule has 0 radical (unpaired) electrons. The Morgan fingerprint density at radius 3 is 1.70 bits per heavy atom. The van der Waals surface area contributed by atoms with E-state index < -0.39 is 9.12 Å². The van der Waals surface area contributed by atoms with Crippen LogP contribution in [0.4, 0.5) is 0 Å². The van der Waals surface area contributed by atoms with Crippen molar-refractivity contribution >= 4 is 20.9 Å². The van der Waals surface area contributed by atoms with Gasteiger partial charge in [-0.05, 0) is 19.8 Å². The number of nitrogens with one attached hydrogen (secondary N) is 2. The summed E-state index contributed by atoms with van der Waals surface area (Å²) < 4.78 is 0. The van der Waals surface area contributed by atoms with Gasteiger partial charge in [-0.1, -0.05) is 51.3 Å². The molecule has 4 nitrogen and oxygen atoms in total. The summed E-state index contributed by atoms with van der Waals surface area (Å²) in [5, 5.41) is 0. The Labute approximate surface area is 125 Å². The first-order chi connectivity index (χ1) is 9.63. The van der Waals surface area contributed by atoms with Crippen LogP contribution in [0, 0.1) is 0 Å². The lowest BCUT2D eigenvalue weighted by Crippen LogP contribution is -2.51. The van der Waals surface area contributed by atoms with Crippen LogP contribution in [0.1, 0.15) is 72.1 Å². The van der Waals surface area contributed by atoms with Gasteiger partial charge in [0.2, 0.25) is 11.8 Å². The minimum atomic E-state index is -1.83. The van der Waals surface area contributed by atoms with Gasteiger partial charge in [0.15, 0.2) is 0 Å². The van der Waals surface area contributed by atoms with Crippen LogP contribution in [-0.4, -0.2) is 20.9 Å². The van der Waals surface area contributed by atoms with E-state index in [1.165, 1.54) is 0 Å². The summed E-state index contributed by atoms with van der Waals surface area (Å²) in [4.78, 5) is 29.5. The summed E-state index contributed by atoms with van der Waals surface area (Å²) >= 11 is 0. The molecule has 0 rings (SSSR count). The second kappa shape index (κ2) is 12.9. The topological polar surface area (TPSA) is 58.2 Å². The van der Waals surface area contributed by atoms with Crippen LogP contribution in [-0.2, 0) is 9.59 Å². The third kappa shape index (κ3) is 10.8. The standard InChI is InChI=1S/C15H30N2O2Si/c1-4-7-9-11-14(18)16-20(13-6-3)17-15(19)12-10-8-5-2/h6,13,20H,4-5,7-12H2,1-3H3,(H,16,18)(H,17,19). The van der Waals surface area contributed by atoms with E-state index in [9.17, 15) is 9.59 Å². The smallest absolute Gasteiger partial charge is 0.272 e. The Hall–Kier alpha value is -1.10. The number of carbonyl (C=O) groups excluding carboxylic acids is 2. The van der Waals surface area contributed by atoms with Gasteiger partial charge >= 0.3 is 0 Å². The molecule has 0 aromatic heterocycles. The molecule has 0 heterocycles. The molecular formula is C15H30N2O2Si. The van der Waals surface area contributed by atoms with Crippen molar-refractivity contribution in [2.75, 3.05) is 0 Å². The lowest BCUT2D eigenvalue weighted by molar-refractivity contribution is -0.119. The zero-order valence-electron chi connectivity index (χ0n) is 13.2. The van der Waals surface area contributed by atoms with Crippen LogP contribution in [0.5, 0.6) is 0 Å². The number of amides is 2. The fourth-order valence-electron chi connectivity index (χ4n) is 1.89. The summed E-state index contributed by atoms with van der Waals surface area (Å²) in [6, 6.07) is 0. The zero-order chi connectivity index (χ0) is 15.2. The van der Waals surface area contributed by atoms with Crippen LogP contribution < -0.4 is 9.96 Å². The van der Waals surface area contributed by atoms with Gasteiger partial charge in [0.25, 0.3) is 9.12 Å². The highest BCUT2D eigenvalue weighted by atomic mass is 28.3. The molecule has 0 fully saturated rings. The predicted molar refractivity (Wildman–Crippen MR) is 86.5 cm³/mol. The van der Waals surface area contributed by atoms with E-state index >= 15 is 0 Å². The lowest BCUT2D eigenvalue weighted by atomic mass is 10.2. The maximum absolute atomic E-state index is 11.8. The number of rotatable bonds is 11. The van der Waals surface area contributed by atoms with Crippen molar-refractivity contribution in [1.29, 1.82) is 0 Å². The fraction of sp³-hybridized carbons (Fsp3) is 0.733. The highest BCUT2D eigenvalue weighted by Crippen LogP contribution is 2.00. The number of unbranched alkanes of at least 4 members (excludes halogenated alkanes) is 4. The van der Waals surface area contributed by atoms with Gasteiger partial charge in [-0.2, -0.15) is 0 Å². The summed E-state index contributed by atoms with van der Waals surface area (Å²) in [6.07, 6.45) is 9.22. The van der Waals surface area contributed by atoms with Crippen molar-refractivity contribution < 1.29 is 9.59 Å². The minimum absolute atomic E-state index is 0.0575. The lowest BCUT2D eigenvalue weighted by Gasteiger charge is -2.15. The Morgan fingerprint density at radius 1 is 0.900 bits per heavy atom.